The number of ether oxygens (including phenoxy) is 2. The van der Waals surface area contributed by atoms with E-state index in [9.17, 15) is 0 Å². The average molecular weight is 797 g/mol. The maximum absolute atomic E-state index is 8.12. The van der Waals surface area contributed by atoms with Gasteiger partial charge in [-0.1, -0.05) is 146 Å². The molecule has 0 spiro atoms. The Bertz CT molecular complexity index is 1870. The minimum absolute atomic E-state index is 0.613. The molecule has 5 aromatic rings. The van der Waals surface area contributed by atoms with Gasteiger partial charge in [-0.05, 0) is 144 Å². The number of hydrogen-bond donors (Lipinski definition) is 0. The SMILES string of the molecule is CCc1cc(CC)cc(C2(c3cc(CC)cc(CC)c3)OP(c3ccccc3)OC(c3cc(CC)cc(CC)c3)(c3cc(CC)cc(CC)c3)[C@H]3OC(C)(C)O[C@@H]32)c1. The van der Waals surface area contributed by atoms with Crippen LogP contribution in [0.5, 0.6) is 0 Å². The third-order valence-electron chi connectivity index (χ3n) is 12.5. The van der Waals surface area contributed by atoms with E-state index in [0.717, 1.165) is 78.9 Å². The van der Waals surface area contributed by atoms with Crippen molar-refractivity contribution in [3.05, 3.63) is 170 Å². The van der Waals surface area contributed by atoms with Crippen LogP contribution in [0.1, 0.15) is 136 Å². The van der Waals surface area contributed by atoms with E-state index in [2.05, 4.69) is 172 Å². The molecule has 2 fully saturated rings. The van der Waals surface area contributed by atoms with Crippen molar-refractivity contribution in [2.45, 2.75) is 150 Å². The van der Waals surface area contributed by atoms with Gasteiger partial charge in [0.05, 0.1) is 0 Å². The highest BCUT2D eigenvalue weighted by molar-refractivity contribution is 7.56. The Kier molecular flexibility index (Phi) is 12.8. The lowest BCUT2D eigenvalue weighted by molar-refractivity contribution is -0.173. The predicted octanol–water partition coefficient (Wildman–Crippen LogP) is 12.6. The zero-order valence-corrected chi connectivity index (χ0v) is 37.6. The van der Waals surface area contributed by atoms with Gasteiger partial charge in [0.25, 0.3) is 0 Å². The molecule has 0 aromatic heterocycles. The Balaban J connectivity index is 1.70. The normalized spacial score (nSPS) is 19.8. The average Bonchev–Trinajstić information content (AvgIpc) is 3.54. The van der Waals surface area contributed by atoms with E-state index in [1.54, 1.807) is 0 Å². The summed E-state index contributed by atoms with van der Waals surface area (Å²) in [5, 5.41) is 1.01. The van der Waals surface area contributed by atoms with E-state index < -0.39 is 37.6 Å². The maximum Gasteiger partial charge on any atom is 0.207 e. The minimum Gasteiger partial charge on any atom is -0.341 e. The van der Waals surface area contributed by atoms with Crippen LogP contribution in [-0.4, -0.2) is 18.0 Å². The van der Waals surface area contributed by atoms with Gasteiger partial charge in [0, 0.05) is 5.30 Å². The van der Waals surface area contributed by atoms with Crippen LogP contribution in [0.25, 0.3) is 0 Å². The van der Waals surface area contributed by atoms with Crippen LogP contribution in [-0.2, 0) is 81.1 Å². The molecule has 58 heavy (non-hydrogen) atoms. The van der Waals surface area contributed by atoms with Crippen molar-refractivity contribution < 1.29 is 18.5 Å². The van der Waals surface area contributed by atoms with Gasteiger partial charge >= 0.3 is 0 Å². The van der Waals surface area contributed by atoms with Crippen LogP contribution >= 0.6 is 8.38 Å². The van der Waals surface area contributed by atoms with Crippen LogP contribution in [0.15, 0.2) is 103 Å². The number of rotatable bonds is 13. The van der Waals surface area contributed by atoms with E-state index in [1.807, 2.05) is 0 Å². The molecule has 4 nitrogen and oxygen atoms in total. The molecule has 0 radical (unpaired) electrons. The topological polar surface area (TPSA) is 36.9 Å². The van der Waals surface area contributed by atoms with Gasteiger partial charge in [0.15, 0.2) is 17.0 Å². The van der Waals surface area contributed by atoms with Gasteiger partial charge in [-0.15, -0.1) is 0 Å². The van der Waals surface area contributed by atoms with E-state index in [-0.39, 0.29) is 0 Å². The van der Waals surface area contributed by atoms with Crippen LogP contribution < -0.4 is 5.30 Å². The van der Waals surface area contributed by atoms with Crippen molar-refractivity contribution in [2.75, 3.05) is 0 Å². The summed E-state index contributed by atoms with van der Waals surface area (Å²) in [6, 6.07) is 39.1. The molecule has 7 rings (SSSR count). The molecule has 2 saturated heterocycles. The summed E-state index contributed by atoms with van der Waals surface area (Å²) in [5.41, 5.74) is 12.4. The highest BCUT2D eigenvalue weighted by atomic mass is 31.2. The quantitative estimate of drug-likeness (QED) is 0.111. The molecule has 0 amide bonds. The second-order valence-electron chi connectivity index (χ2n) is 16.7. The molecular formula is C53H65O4P. The van der Waals surface area contributed by atoms with Gasteiger partial charge in [-0.25, -0.2) is 0 Å². The van der Waals surface area contributed by atoms with Crippen LogP contribution in [0.2, 0.25) is 0 Å². The molecule has 5 aromatic carbocycles. The first-order valence-corrected chi connectivity index (χ1v) is 23.3. The van der Waals surface area contributed by atoms with Crippen LogP contribution in [0, 0.1) is 0 Å². The molecule has 0 bridgehead atoms. The lowest BCUT2D eigenvalue weighted by atomic mass is 9.70. The lowest BCUT2D eigenvalue weighted by Crippen LogP contribution is -2.54. The molecular weight excluding hydrogens is 732 g/mol. The fourth-order valence-electron chi connectivity index (χ4n) is 9.14. The smallest absolute Gasteiger partial charge is 0.207 e. The maximum atomic E-state index is 8.12. The first-order valence-electron chi connectivity index (χ1n) is 22.1. The predicted molar refractivity (Wildman–Crippen MR) is 241 cm³/mol. The molecule has 2 heterocycles. The van der Waals surface area contributed by atoms with Gasteiger partial charge in [0.2, 0.25) is 8.38 Å². The van der Waals surface area contributed by atoms with Gasteiger partial charge in [-0.2, -0.15) is 0 Å². The largest absolute Gasteiger partial charge is 0.341 e. The third-order valence-corrected chi connectivity index (χ3v) is 14.1. The summed E-state index contributed by atoms with van der Waals surface area (Å²) in [6.45, 7) is 22.1. The summed E-state index contributed by atoms with van der Waals surface area (Å²) in [6.07, 6.45) is 6.03. The van der Waals surface area contributed by atoms with E-state index >= 15 is 0 Å². The Morgan fingerprint density at radius 1 is 0.397 bits per heavy atom. The number of aryl methyl sites for hydroxylation is 8. The monoisotopic (exact) mass is 796 g/mol. The van der Waals surface area contributed by atoms with Crippen LogP contribution in [0.3, 0.4) is 0 Å². The Hall–Kier alpha value is -3.63. The van der Waals surface area contributed by atoms with E-state index in [0.29, 0.717) is 0 Å². The summed E-state index contributed by atoms with van der Waals surface area (Å²) >= 11 is 0. The molecule has 0 N–H and O–H groups in total. The third kappa shape index (κ3) is 7.89. The van der Waals surface area contributed by atoms with Crippen LogP contribution in [0.4, 0.5) is 0 Å². The fraction of sp³-hybridized carbons (Fsp3) is 0.434. The van der Waals surface area contributed by atoms with E-state index in [1.165, 1.54) is 44.5 Å². The standard InChI is InChI=1S/C53H65O4P/c1-11-36-24-37(12-2)29-44(28-36)52(45-30-38(13-3)25-39(14-4)31-45)49-50(55-51(9,10)54-49)53(46-32-40(15-5)26-41(16-6)33-46,47-34-42(17-7)27-43(18-8)35-47)57-58(56-52)48-22-20-19-21-23-48/h19-35,49-50H,11-18H2,1-10H3/t49-,50-/m0/s1. The van der Waals surface area contributed by atoms with Crippen molar-refractivity contribution in [2.24, 2.45) is 0 Å². The number of benzene rings is 5. The van der Waals surface area contributed by atoms with Crippen molar-refractivity contribution in [3.63, 3.8) is 0 Å². The first kappa shape index (κ1) is 42.5. The number of fused-ring (bicyclic) bond motifs is 1. The van der Waals surface area contributed by atoms with Crippen molar-refractivity contribution in [1.82, 2.24) is 0 Å². The Morgan fingerprint density at radius 3 is 0.897 bits per heavy atom. The zero-order chi connectivity index (χ0) is 41.2. The second-order valence-corrected chi connectivity index (χ2v) is 18.1. The van der Waals surface area contributed by atoms with Crippen molar-refractivity contribution >= 4 is 13.7 Å². The lowest BCUT2D eigenvalue weighted by Gasteiger charge is -2.42. The summed E-state index contributed by atoms with van der Waals surface area (Å²) in [5.74, 6) is -0.955. The fourth-order valence-corrected chi connectivity index (χ4v) is 11.0. The molecule has 0 saturated carbocycles. The number of hydrogen-bond acceptors (Lipinski definition) is 4. The molecule has 2 aliphatic heterocycles. The Morgan fingerprint density at radius 2 is 0.655 bits per heavy atom. The summed E-state index contributed by atoms with van der Waals surface area (Å²) < 4.78 is 31.3. The molecule has 5 heteroatoms. The molecule has 0 aliphatic carbocycles. The summed E-state index contributed by atoms with van der Waals surface area (Å²) in [7, 11) is -1.79. The highest BCUT2D eigenvalue weighted by Gasteiger charge is 2.67. The minimum atomic E-state index is -1.79. The molecule has 2 atom stereocenters. The molecule has 0 unspecified atom stereocenters. The van der Waals surface area contributed by atoms with Gasteiger partial charge in [0.1, 0.15) is 12.2 Å². The second kappa shape index (κ2) is 17.5. The Labute approximate surface area is 350 Å². The summed E-state index contributed by atoms with van der Waals surface area (Å²) in [4.78, 5) is 0. The van der Waals surface area contributed by atoms with E-state index in [4.69, 9.17) is 18.5 Å². The zero-order valence-electron chi connectivity index (χ0n) is 36.7. The van der Waals surface area contributed by atoms with Gasteiger partial charge < -0.3 is 18.5 Å². The molecule has 306 valence electrons. The molecule has 2 aliphatic rings. The van der Waals surface area contributed by atoms with Crippen molar-refractivity contribution in [1.29, 1.82) is 0 Å². The van der Waals surface area contributed by atoms with Gasteiger partial charge in [-0.3, -0.25) is 0 Å². The van der Waals surface area contributed by atoms with Crippen molar-refractivity contribution in [3.8, 4) is 0 Å². The highest BCUT2D eigenvalue weighted by Crippen LogP contribution is 2.64. The first-order chi connectivity index (χ1) is 28.0.